The highest BCUT2D eigenvalue weighted by Crippen LogP contribution is 2.19. The molecule has 1 amide bonds. The third-order valence-electron chi connectivity index (χ3n) is 3.10. The number of carbonyl (C=O) groups excluding carboxylic acids is 1. The van der Waals surface area contributed by atoms with Gasteiger partial charge in [-0.15, -0.1) is 0 Å². The molecule has 6 nitrogen and oxygen atoms in total. The second kappa shape index (κ2) is 5.16. The molecule has 0 fully saturated rings. The van der Waals surface area contributed by atoms with Gasteiger partial charge in [0.15, 0.2) is 0 Å². The van der Waals surface area contributed by atoms with Crippen molar-refractivity contribution in [3.05, 3.63) is 45.7 Å². The van der Waals surface area contributed by atoms with Crippen molar-refractivity contribution in [2.45, 2.75) is 13.5 Å². The van der Waals surface area contributed by atoms with Crippen molar-refractivity contribution in [1.82, 2.24) is 9.88 Å². The molecule has 0 saturated heterocycles. The molecule has 104 valence electrons. The van der Waals surface area contributed by atoms with Crippen LogP contribution in [0.2, 0.25) is 0 Å². The summed E-state index contributed by atoms with van der Waals surface area (Å²) in [5.41, 5.74) is 1.07. The maximum atomic E-state index is 11.9. The molecule has 0 bridgehead atoms. The lowest BCUT2D eigenvalue weighted by Crippen LogP contribution is -2.30. The highest BCUT2D eigenvalue weighted by Gasteiger charge is 2.12. The van der Waals surface area contributed by atoms with Gasteiger partial charge in [-0.3, -0.25) is 14.2 Å². The quantitative estimate of drug-likeness (QED) is 0.864. The van der Waals surface area contributed by atoms with Crippen molar-refractivity contribution in [1.29, 1.82) is 0 Å². The zero-order valence-corrected chi connectivity index (χ0v) is 11.1. The molecule has 1 heterocycles. The van der Waals surface area contributed by atoms with Crippen LogP contribution < -0.4 is 10.9 Å². The lowest BCUT2D eigenvalue weighted by molar-refractivity contribution is -0.121. The SMILES string of the molecule is CNC(=O)Cn1c(=O)ccc2cc(C(=O)O)cc(C)c21. The van der Waals surface area contributed by atoms with Crippen LogP contribution in [0.25, 0.3) is 10.9 Å². The third kappa shape index (κ3) is 2.40. The predicted octanol–water partition coefficient (Wildman–Crippen LogP) is 0.754. The Bertz CT molecular complexity index is 762. The molecule has 6 heteroatoms. The first-order valence-electron chi connectivity index (χ1n) is 6.02. The van der Waals surface area contributed by atoms with Crippen LogP contribution >= 0.6 is 0 Å². The molecule has 2 rings (SSSR count). The second-order valence-electron chi connectivity index (χ2n) is 4.47. The Hall–Kier alpha value is -2.63. The van der Waals surface area contributed by atoms with E-state index in [0.717, 1.165) is 0 Å². The van der Waals surface area contributed by atoms with E-state index in [1.807, 2.05) is 0 Å². The second-order valence-corrected chi connectivity index (χ2v) is 4.47. The molecule has 0 saturated carbocycles. The van der Waals surface area contributed by atoms with Gasteiger partial charge in [-0.25, -0.2) is 4.79 Å². The third-order valence-corrected chi connectivity index (χ3v) is 3.10. The zero-order valence-electron chi connectivity index (χ0n) is 11.1. The number of hydrogen-bond acceptors (Lipinski definition) is 3. The van der Waals surface area contributed by atoms with Crippen molar-refractivity contribution >= 4 is 22.8 Å². The summed E-state index contributed by atoms with van der Waals surface area (Å²) in [5.74, 6) is -1.32. The Balaban J connectivity index is 2.74. The number of likely N-dealkylation sites (N-methyl/N-ethyl adjacent to an activating group) is 1. The maximum Gasteiger partial charge on any atom is 0.335 e. The molecule has 1 aromatic carbocycles. The summed E-state index contributed by atoms with van der Waals surface area (Å²) in [5, 5.41) is 12.1. The standard InChI is InChI=1S/C14H14N2O4/c1-8-5-10(14(19)20)6-9-3-4-12(18)16(13(8)9)7-11(17)15-2/h3-6H,7H2,1-2H3,(H,15,17)(H,19,20). The highest BCUT2D eigenvalue weighted by molar-refractivity contribution is 5.95. The molecular weight excluding hydrogens is 260 g/mol. The number of rotatable bonds is 3. The lowest BCUT2D eigenvalue weighted by Gasteiger charge is -2.12. The van der Waals surface area contributed by atoms with Crippen molar-refractivity contribution in [3.8, 4) is 0 Å². The van der Waals surface area contributed by atoms with E-state index in [0.29, 0.717) is 16.5 Å². The van der Waals surface area contributed by atoms with Crippen LogP contribution in [-0.4, -0.2) is 28.6 Å². The molecule has 20 heavy (non-hydrogen) atoms. The highest BCUT2D eigenvalue weighted by atomic mass is 16.4. The molecule has 0 aliphatic rings. The van der Waals surface area contributed by atoms with Crippen LogP contribution in [-0.2, 0) is 11.3 Å². The molecule has 0 aliphatic heterocycles. The van der Waals surface area contributed by atoms with Gasteiger partial charge in [0.05, 0.1) is 11.1 Å². The number of hydrogen-bond donors (Lipinski definition) is 2. The van der Waals surface area contributed by atoms with Gasteiger partial charge in [0, 0.05) is 13.1 Å². The Morgan fingerprint density at radius 3 is 2.60 bits per heavy atom. The Kier molecular flexibility index (Phi) is 3.56. The van der Waals surface area contributed by atoms with Crippen LogP contribution in [0.4, 0.5) is 0 Å². The number of benzene rings is 1. The van der Waals surface area contributed by atoms with E-state index in [2.05, 4.69) is 5.32 Å². The minimum absolute atomic E-state index is 0.0973. The van der Waals surface area contributed by atoms with Crippen molar-refractivity contribution in [2.75, 3.05) is 7.05 Å². The first-order chi connectivity index (χ1) is 9.43. The summed E-state index contributed by atoms with van der Waals surface area (Å²) < 4.78 is 1.34. The van der Waals surface area contributed by atoms with Crippen molar-refractivity contribution in [3.63, 3.8) is 0 Å². The first kappa shape index (κ1) is 13.8. The normalized spacial score (nSPS) is 10.5. The molecule has 1 aromatic heterocycles. The Morgan fingerprint density at radius 1 is 1.30 bits per heavy atom. The monoisotopic (exact) mass is 274 g/mol. The number of pyridine rings is 1. The fraction of sp³-hybridized carbons (Fsp3) is 0.214. The first-order valence-corrected chi connectivity index (χ1v) is 6.02. The number of aromatic carboxylic acids is 1. The van der Waals surface area contributed by atoms with E-state index >= 15 is 0 Å². The molecular formula is C14H14N2O4. The number of carbonyl (C=O) groups is 2. The minimum Gasteiger partial charge on any atom is -0.478 e. The van der Waals surface area contributed by atoms with Crippen molar-refractivity contribution < 1.29 is 14.7 Å². The number of nitrogens with one attached hydrogen (secondary N) is 1. The molecule has 0 aliphatic carbocycles. The fourth-order valence-electron chi connectivity index (χ4n) is 2.17. The van der Waals surface area contributed by atoms with Crippen LogP contribution in [0.3, 0.4) is 0 Å². The number of carboxylic acids is 1. The minimum atomic E-state index is -1.03. The van der Waals surface area contributed by atoms with Gasteiger partial charge in [-0.1, -0.05) is 0 Å². The van der Waals surface area contributed by atoms with Gasteiger partial charge in [0.2, 0.25) is 5.91 Å². The Labute approximate surface area is 114 Å². The summed E-state index contributed by atoms with van der Waals surface area (Å²) in [6.45, 7) is 1.62. The van der Waals surface area contributed by atoms with Gasteiger partial charge in [-0.2, -0.15) is 0 Å². The molecule has 0 spiro atoms. The van der Waals surface area contributed by atoms with Gasteiger partial charge in [0.25, 0.3) is 5.56 Å². The van der Waals surface area contributed by atoms with Gasteiger partial charge in [-0.05, 0) is 36.1 Å². The number of carboxylic acid groups (broad SMARTS) is 1. The molecule has 0 atom stereocenters. The Morgan fingerprint density at radius 2 is 2.00 bits per heavy atom. The number of amides is 1. The fourth-order valence-corrected chi connectivity index (χ4v) is 2.17. The van der Waals surface area contributed by atoms with E-state index < -0.39 is 5.97 Å². The van der Waals surface area contributed by atoms with Gasteiger partial charge in [0.1, 0.15) is 6.54 Å². The molecule has 2 aromatic rings. The van der Waals surface area contributed by atoms with E-state index in [-0.39, 0.29) is 23.6 Å². The predicted molar refractivity (Wildman–Crippen MR) is 74.0 cm³/mol. The van der Waals surface area contributed by atoms with Gasteiger partial charge >= 0.3 is 5.97 Å². The van der Waals surface area contributed by atoms with E-state index in [1.54, 1.807) is 13.0 Å². The number of nitrogens with zero attached hydrogens (tertiary/aromatic N) is 1. The smallest absolute Gasteiger partial charge is 0.335 e. The topological polar surface area (TPSA) is 88.4 Å². The lowest BCUT2D eigenvalue weighted by atomic mass is 10.1. The number of aryl methyl sites for hydroxylation is 1. The van der Waals surface area contributed by atoms with E-state index in [1.165, 1.54) is 29.8 Å². The average molecular weight is 274 g/mol. The van der Waals surface area contributed by atoms with E-state index in [4.69, 9.17) is 5.11 Å². The zero-order chi connectivity index (χ0) is 14.9. The summed E-state index contributed by atoms with van der Waals surface area (Å²) >= 11 is 0. The van der Waals surface area contributed by atoms with Crippen LogP contribution in [0.1, 0.15) is 15.9 Å². The van der Waals surface area contributed by atoms with Crippen molar-refractivity contribution in [2.24, 2.45) is 0 Å². The number of aromatic nitrogens is 1. The average Bonchev–Trinajstić information content (AvgIpc) is 2.41. The van der Waals surface area contributed by atoms with E-state index in [9.17, 15) is 14.4 Å². The van der Waals surface area contributed by atoms with Crippen LogP contribution in [0.5, 0.6) is 0 Å². The maximum absolute atomic E-state index is 11.9. The largest absolute Gasteiger partial charge is 0.478 e. The summed E-state index contributed by atoms with van der Waals surface area (Å²) in [6, 6.07) is 5.88. The summed E-state index contributed by atoms with van der Waals surface area (Å²) in [7, 11) is 1.49. The molecule has 2 N–H and O–H groups in total. The molecule has 0 radical (unpaired) electrons. The van der Waals surface area contributed by atoms with Gasteiger partial charge < -0.3 is 10.4 Å². The van der Waals surface area contributed by atoms with Crippen LogP contribution in [0, 0.1) is 6.92 Å². The summed E-state index contributed by atoms with van der Waals surface area (Å²) in [4.78, 5) is 34.5. The molecule has 0 unspecified atom stereocenters. The number of fused-ring (bicyclic) bond motifs is 1. The summed E-state index contributed by atoms with van der Waals surface area (Å²) in [6.07, 6.45) is 0. The van der Waals surface area contributed by atoms with Crippen LogP contribution in [0.15, 0.2) is 29.1 Å².